The Kier molecular flexibility index (Phi) is 19.7. The fourth-order valence-corrected chi connectivity index (χ4v) is 14.8. The first kappa shape index (κ1) is 55.0. The highest BCUT2D eigenvalue weighted by molar-refractivity contribution is 6.99. The molecule has 372 valence electrons. The Balaban J connectivity index is 1.48. The van der Waals surface area contributed by atoms with E-state index in [0.717, 1.165) is 29.0 Å². The van der Waals surface area contributed by atoms with Gasteiger partial charge in [0, 0.05) is 25.4 Å². The van der Waals surface area contributed by atoms with E-state index in [1.807, 2.05) is 74.5 Å². The van der Waals surface area contributed by atoms with Gasteiger partial charge >= 0.3 is 0 Å². The second kappa shape index (κ2) is 24.3. The third-order valence-electron chi connectivity index (χ3n) is 13.6. The van der Waals surface area contributed by atoms with Gasteiger partial charge in [0.05, 0.1) is 59.0 Å². The zero-order valence-corrected chi connectivity index (χ0v) is 45.4. The molecule has 4 aromatic carbocycles. The molecule has 0 amide bonds. The van der Waals surface area contributed by atoms with Crippen LogP contribution in [-0.2, 0) is 41.0 Å². The van der Waals surface area contributed by atoms with Gasteiger partial charge in [0.2, 0.25) is 0 Å². The first-order valence-corrected chi connectivity index (χ1v) is 29.3. The maximum atomic E-state index is 12.0. The fraction of sp³-hybridized carbons (Fsp3) is 0.509. The van der Waals surface area contributed by atoms with Crippen LogP contribution in [0.4, 0.5) is 0 Å². The number of methoxy groups -OCH3 is 2. The van der Waals surface area contributed by atoms with E-state index in [9.17, 15) is 5.11 Å². The van der Waals surface area contributed by atoms with Crippen LogP contribution in [0.15, 0.2) is 133 Å². The summed E-state index contributed by atoms with van der Waals surface area (Å²) in [6.45, 7) is 26.3. The van der Waals surface area contributed by atoms with Crippen molar-refractivity contribution < 1.29 is 42.4 Å². The Hall–Kier alpha value is -3.89. The van der Waals surface area contributed by atoms with Crippen molar-refractivity contribution in [2.24, 2.45) is 5.92 Å². The molecule has 1 heterocycles. The number of hydrogen-bond acceptors (Lipinski definition) is 9. The monoisotopic (exact) mass is 967 g/mol. The minimum Gasteiger partial charge on any atom is -0.497 e. The SMILES string of the molecule is CC[C@@H](/C=C\COCc1ccc(OC)cc1)C(O)/C=C/[C@@]1(CCO[Si](c2ccccc2)(c2ccccc2)C(C)(C)C)OC(C)(C)O[C@@H]1C[C@H](COCc1ccc(OC)cc1)O[Si](C)(C)C(C)(C)C. The van der Waals surface area contributed by atoms with Crippen LogP contribution in [0.1, 0.15) is 92.7 Å². The van der Waals surface area contributed by atoms with Crippen molar-refractivity contribution in [3.05, 3.63) is 145 Å². The molecular weight excluding hydrogens is 885 g/mol. The number of aliphatic hydroxyl groups is 1. The van der Waals surface area contributed by atoms with Gasteiger partial charge in [-0.05, 0) is 89.2 Å². The van der Waals surface area contributed by atoms with Crippen molar-refractivity contribution in [1.29, 1.82) is 0 Å². The summed E-state index contributed by atoms with van der Waals surface area (Å²) in [4.78, 5) is 0. The molecule has 68 heavy (non-hydrogen) atoms. The molecule has 1 aliphatic heterocycles. The van der Waals surface area contributed by atoms with E-state index in [4.69, 9.17) is 37.3 Å². The first-order valence-electron chi connectivity index (χ1n) is 24.4. The van der Waals surface area contributed by atoms with Gasteiger partial charge in [0.15, 0.2) is 14.1 Å². The van der Waals surface area contributed by atoms with Gasteiger partial charge < -0.3 is 42.4 Å². The number of aliphatic hydroxyl groups excluding tert-OH is 1. The number of hydrogen-bond donors (Lipinski definition) is 1. The maximum absolute atomic E-state index is 12.0. The summed E-state index contributed by atoms with van der Waals surface area (Å²) in [5, 5.41) is 14.1. The third-order valence-corrected chi connectivity index (χ3v) is 23.2. The van der Waals surface area contributed by atoms with Crippen LogP contribution in [0.5, 0.6) is 11.5 Å². The molecule has 0 aromatic heterocycles. The van der Waals surface area contributed by atoms with Gasteiger partial charge in [0.25, 0.3) is 8.32 Å². The Morgan fingerprint density at radius 3 is 1.74 bits per heavy atom. The van der Waals surface area contributed by atoms with Crippen molar-refractivity contribution in [3.8, 4) is 11.5 Å². The lowest BCUT2D eigenvalue weighted by atomic mass is 9.87. The summed E-state index contributed by atoms with van der Waals surface area (Å²) < 4.78 is 52.1. The minimum absolute atomic E-state index is 0.0400. The van der Waals surface area contributed by atoms with E-state index in [0.29, 0.717) is 45.9 Å². The summed E-state index contributed by atoms with van der Waals surface area (Å²) in [5.74, 6) is 0.511. The van der Waals surface area contributed by atoms with Crippen LogP contribution >= 0.6 is 0 Å². The minimum atomic E-state index is -2.91. The van der Waals surface area contributed by atoms with E-state index < -0.39 is 40.2 Å². The highest BCUT2D eigenvalue weighted by atomic mass is 28.4. The first-order chi connectivity index (χ1) is 32.2. The van der Waals surface area contributed by atoms with E-state index in [1.54, 1.807) is 14.2 Å². The van der Waals surface area contributed by atoms with Gasteiger partial charge in [-0.2, -0.15) is 0 Å². The molecule has 0 saturated carbocycles. The summed E-state index contributed by atoms with van der Waals surface area (Å²) in [6, 6.07) is 37.3. The Labute approximate surface area is 411 Å². The van der Waals surface area contributed by atoms with Crippen LogP contribution in [0.2, 0.25) is 23.2 Å². The molecule has 1 unspecified atom stereocenters. The zero-order chi connectivity index (χ0) is 49.6. The molecular formula is C57H82O9Si2. The lowest BCUT2D eigenvalue weighted by Crippen LogP contribution is -2.66. The van der Waals surface area contributed by atoms with Crippen molar-refractivity contribution in [3.63, 3.8) is 0 Å². The quantitative estimate of drug-likeness (QED) is 0.0396. The molecule has 1 saturated heterocycles. The average molecular weight is 967 g/mol. The largest absolute Gasteiger partial charge is 0.497 e. The molecule has 4 aromatic rings. The molecule has 1 aliphatic rings. The van der Waals surface area contributed by atoms with E-state index >= 15 is 0 Å². The maximum Gasteiger partial charge on any atom is 0.261 e. The second-order valence-corrected chi connectivity index (χ2v) is 30.2. The van der Waals surface area contributed by atoms with Crippen molar-refractivity contribution in [2.45, 2.75) is 148 Å². The summed E-state index contributed by atoms with van der Waals surface area (Å²) in [6.07, 6.45) is 8.14. The molecule has 0 spiro atoms. The predicted molar refractivity (Wildman–Crippen MR) is 281 cm³/mol. The Morgan fingerprint density at radius 2 is 1.25 bits per heavy atom. The summed E-state index contributed by atoms with van der Waals surface area (Å²) in [5.41, 5.74) is 1.12. The van der Waals surface area contributed by atoms with Crippen molar-refractivity contribution in [1.82, 2.24) is 0 Å². The normalized spacial score (nSPS) is 19.4. The predicted octanol–water partition coefficient (Wildman–Crippen LogP) is 11.6. The second-order valence-electron chi connectivity index (χ2n) is 21.1. The molecule has 5 atom stereocenters. The molecule has 5 rings (SSSR count). The smallest absolute Gasteiger partial charge is 0.261 e. The molecule has 0 radical (unpaired) electrons. The molecule has 0 aliphatic carbocycles. The number of benzene rings is 4. The Morgan fingerprint density at radius 1 is 0.721 bits per heavy atom. The van der Waals surface area contributed by atoms with Crippen molar-refractivity contribution >= 4 is 27.0 Å². The van der Waals surface area contributed by atoms with Gasteiger partial charge in [-0.1, -0.05) is 158 Å². The van der Waals surface area contributed by atoms with Crippen LogP contribution < -0.4 is 19.8 Å². The molecule has 1 fully saturated rings. The number of rotatable bonds is 25. The van der Waals surface area contributed by atoms with E-state index in [-0.39, 0.29) is 22.1 Å². The van der Waals surface area contributed by atoms with Crippen molar-refractivity contribution in [2.75, 3.05) is 34.0 Å². The molecule has 0 bridgehead atoms. The van der Waals surface area contributed by atoms with Gasteiger partial charge in [-0.25, -0.2) is 0 Å². The molecule has 1 N–H and O–H groups in total. The highest BCUT2D eigenvalue weighted by Gasteiger charge is 2.55. The van der Waals surface area contributed by atoms with Gasteiger partial charge in [0.1, 0.15) is 17.1 Å². The van der Waals surface area contributed by atoms with Gasteiger partial charge in [-0.3, -0.25) is 0 Å². The highest BCUT2D eigenvalue weighted by Crippen LogP contribution is 2.45. The third kappa shape index (κ3) is 14.6. The number of ether oxygens (including phenoxy) is 6. The average Bonchev–Trinajstić information content (AvgIpc) is 3.56. The Bertz CT molecular complexity index is 2110. The van der Waals surface area contributed by atoms with Crippen LogP contribution in [-0.4, -0.2) is 85.5 Å². The standard InChI is InChI=1S/C57H82O9Si2/c1-14-46(22-21-38-61-41-44-27-31-47(59-10)32-28-44)52(58)35-36-57(37-39-63-68(55(5,6)7,50-23-17-15-18-24-50)51-25-19-16-20-26-51)53(64-56(8,9)66-57)40-49(65-67(12,13)54(2,3)4)43-62-42-45-29-33-48(60-11)34-30-45/h15-36,46,49,52-53,58H,14,37-43H2,1-13H3/b22-21-,36-35+/t46-,49+,52?,53+,57-/m0/s1. The lowest BCUT2D eigenvalue weighted by molar-refractivity contribution is -0.158. The van der Waals surface area contributed by atoms with E-state index in [2.05, 4.69) is 134 Å². The molecule has 9 nitrogen and oxygen atoms in total. The topological polar surface area (TPSA) is 94.1 Å². The summed E-state index contributed by atoms with van der Waals surface area (Å²) in [7, 11) is -1.88. The zero-order valence-electron chi connectivity index (χ0n) is 43.4. The van der Waals surface area contributed by atoms with Crippen LogP contribution in [0.25, 0.3) is 0 Å². The van der Waals surface area contributed by atoms with Crippen LogP contribution in [0, 0.1) is 5.92 Å². The molecule has 11 heteroatoms. The lowest BCUT2D eigenvalue weighted by Gasteiger charge is -2.44. The van der Waals surface area contributed by atoms with E-state index in [1.165, 1.54) is 10.4 Å². The van der Waals surface area contributed by atoms with Crippen LogP contribution in [0.3, 0.4) is 0 Å². The summed E-state index contributed by atoms with van der Waals surface area (Å²) >= 11 is 0. The van der Waals surface area contributed by atoms with Gasteiger partial charge in [-0.15, -0.1) is 0 Å². The fourth-order valence-electron chi connectivity index (χ4n) is 8.90.